The number of amides is 1. The van der Waals surface area contributed by atoms with Crippen LogP contribution in [-0.4, -0.2) is 31.1 Å². The topological polar surface area (TPSA) is 77.0 Å². The maximum Gasteiger partial charge on any atom is 0.277 e. The van der Waals surface area contributed by atoms with Gasteiger partial charge in [-0.3, -0.25) is 9.59 Å². The molecule has 0 atom stereocenters. The second-order valence-corrected chi connectivity index (χ2v) is 6.00. The van der Waals surface area contributed by atoms with Gasteiger partial charge in [0.1, 0.15) is 17.2 Å². The minimum atomic E-state index is -0.450. The van der Waals surface area contributed by atoms with Gasteiger partial charge in [0, 0.05) is 16.5 Å². The molecule has 27 heavy (non-hydrogen) atoms. The van der Waals surface area contributed by atoms with E-state index >= 15 is 0 Å². The van der Waals surface area contributed by atoms with Gasteiger partial charge in [-0.05, 0) is 29.7 Å². The summed E-state index contributed by atoms with van der Waals surface area (Å²) in [6.45, 7) is -0.214. The number of ether oxygens (including phenoxy) is 2. The molecule has 0 spiro atoms. The summed E-state index contributed by atoms with van der Waals surface area (Å²) < 4.78 is 10.5. The van der Waals surface area contributed by atoms with Crippen molar-refractivity contribution in [1.82, 2.24) is 5.43 Å². The SMILES string of the molecule is COc1ccc(OCC(=O)NN=C2C(=O)c3cccc4cccc2c34)cc1. The lowest BCUT2D eigenvalue weighted by Gasteiger charge is -2.06. The second-order valence-electron chi connectivity index (χ2n) is 6.00. The molecule has 3 aromatic rings. The molecule has 4 rings (SSSR count). The molecule has 1 N–H and O–H groups in total. The van der Waals surface area contributed by atoms with Crippen molar-refractivity contribution >= 4 is 28.2 Å². The normalized spacial score (nSPS) is 13.8. The number of rotatable bonds is 5. The van der Waals surface area contributed by atoms with E-state index in [-0.39, 0.29) is 18.1 Å². The number of methoxy groups -OCH3 is 1. The van der Waals surface area contributed by atoms with E-state index in [0.717, 1.165) is 16.3 Å². The fourth-order valence-electron chi connectivity index (χ4n) is 3.06. The summed E-state index contributed by atoms with van der Waals surface area (Å²) in [5, 5.41) is 5.89. The van der Waals surface area contributed by atoms with Crippen LogP contribution in [0.3, 0.4) is 0 Å². The molecule has 3 aromatic carbocycles. The van der Waals surface area contributed by atoms with E-state index in [1.807, 2.05) is 30.3 Å². The third-order valence-corrected chi connectivity index (χ3v) is 4.34. The van der Waals surface area contributed by atoms with E-state index < -0.39 is 5.91 Å². The molecule has 0 aromatic heterocycles. The van der Waals surface area contributed by atoms with Gasteiger partial charge >= 0.3 is 0 Å². The van der Waals surface area contributed by atoms with Crippen molar-refractivity contribution in [2.75, 3.05) is 13.7 Å². The lowest BCUT2D eigenvalue weighted by molar-refractivity contribution is -0.123. The van der Waals surface area contributed by atoms with Crippen LogP contribution in [0.25, 0.3) is 10.8 Å². The monoisotopic (exact) mass is 360 g/mol. The molecule has 0 radical (unpaired) electrons. The summed E-state index contributed by atoms with van der Waals surface area (Å²) >= 11 is 0. The average molecular weight is 360 g/mol. The van der Waals surface area contributed by atoms with Gasteiger partial charge < -0.3 is 9.47 Å². The van der Waals surface area contributed by atoms with Crippen molar-refractivity contribution in [3.63, 3.8) is 0 Å². The Kier molecular flexibility index (Phi) is 4.30. The number of nitrogens with one attached hydrogen (secondary N) is 1. The Labute approximate surface area is 155 Å². The zero-order valence-electron chi connectivity index (χ0n) is 14.6. The number of nitrogens with zero attached hydrogens (tertiary/aromatic N) is 1. The first-order valence-corrected chi connectivity index (χ1v) is 8.37. The summed E-state index contributed by atoms with van der Waals surface area (Å²) in [6, 6.07) is 18.1. The first kappa shape index (κ1) is 16.8. The van der Waals surface area contributed by atoms with Gasteiger partial charge in [0.2, 0.25) is 5.78 Å². The Hall–Kier alpha value is -3.67. The summed E-state index contributed by atoms with van der Waals surface area (Å²) in [6.07, 6.45) is 0. The largest absolute Gasteiger partial charge is 0.497 e. The number of carbonyl (C=O) groups excluding carboxylic acids is 2. The number of Topliss-reactive ketones (excluding diaryl/α,β-unsaturated/α-hetero) is 1. The Morgan fingerprint density at radius 1 is 0.963 bits per heavy atom. The number of hydrazone groups is 1. The van der Waals surface area contributed by atoms with Gasteiger partial charge in [-0.2, -0.15) is 5.10 Å². The molecule has 0 saturated carbocycles. The van der Waals surface area contributed by atoms with Crippen LogP contribution in [0.5, 0.6) is 11.5 Å². The molecule has 6 heteroatoms. The third kappa shape index (κ3) is 3.13. The fraction of sp³-hybridized carbons (Fsp3) is 0.0952. The van der Waals surface area contributed by atoms with Crippen LogP contribution in [0.15, 0.2) is 65.8 Å². The van der Waals surface area contributed by atoms with Gasteiger partial charge in [0.15, 0.2) is 6.61 Å². The highest BCUT2D eigenvalue weighted by Crippen LogP contribution is 2.30. The van der Waals surface area contributed by atoms with E-state index in [9.17, 15) is 9.59 Å². The van der Waals surface area contributed by atoms with Gasteiger partial charge in [-0.1, -0.05) is 36.4 Å². The smallest absolute Gasteiger partial charge is 0.277 e. The van der Waals surface area contributed by atoms with Crippen LogP contribution in [-0.2, 0) is 4.79 Å². The highest BCUT2D eigenvalue weighted by Gasteiger charge is 2.28. The molecular formula is C21H16N2O4. The summed E-state index contributed by atoms with van der Waals surface area (Å²) in [7, 11) is 1.57. The van der Waals surface area contributed by atoms with E-state index in [1.54, 1.807) is 37.4 Å². The maximum atomic E-state index is 12.6. The zero-order chi connectivity index (χ0) is 18.8. The lowest BCUT2D eigenvalue weighted by atomic mass is 10.1. The summed E-state index contributed by atoms with van der Waals surface area (Å²) in [5.41, 5.74) is 3.97. The molecule has 1 amide bonds. The minimum absolute atomic E-state index is 0.196. The van der Waals surface area contributed by atoms with Crippen LogP contribution < -0.4 is 14.9 Å². The first-order chi connectivity index (χ1) is 13.2. The lowest BCUT2D eigenvalue weighted by Crippen LogP contribution is -2.27. The molecule has 0 bridgehead atoms. The van der Waals surface area contributed by atoms with Crippen molar-refractivity contribution < 1.29 is 19.1 Å². The van der Waals surface area contributed by atoms with Crippen LogP contribution in [0.4, 0.5) is 0 Å². The number of hydrogen-bond acceptors (Lipinski definition) is 5. The quantitative estimate of drug-likeness (QED) is 0.710. The van der Waals surface area contributed by atoms with Crippen LogP contribution in [0, 0.1) is 0 Å². The van der Waals surface area contributed by atoms with E-state index in [2.05, 4.69) is 10.5 Å². The van der Waals surface area contributed by atoms with E-state index in [4.69, 9.17) is 9.47 Å². The molecule has 0 saturated heterocycles. The number of ketones is 1. The highest BCUT2D eigenvalue weighted by atomic mass is 16.5. The van der Waals surface area contributed by atoms with Gasteiger partial charge in [0.05, 0.1) is 7.11 Å². The second kappa shape index (κ2) is 6.92. The van der Waals surface area contributed by atoms with Gasteiger partial charge in [0.25, 0.3) is 5.91 Å². The van der Waals surface area contributed by atoms with Gasteiger partial charge in [-0.25, -0.2) is 5.43 Å². The Morgan fingerprint density at radius 2 is 1.63 bits per heavy atom. The molecular weight excluding hydrogens is 344 g/mol. The predicted molar refractivity (Wildman–Crippen MR) is 101 cm³/mol. The highest BCUT2D eigenvalue weighted by molar-refractivity contribution is 6.59. The predicted octanol–water partition coefficient (Wildman–Crippen LogP) is 2.94. The molecule has 0 unspecified atom stereocenters. The summed E-state index contributed by atoms with van der Waals surface area (Å²) in [4.78, 5) is 24.6. The summed E-state index contributed by atoms with van der Waals surface area (Å²) in [5.74, 6) is 0.590. The van der Waals surface area contributed by atoms with Crippen molar-refractivity contribution in [3.05, 3.63) is 71.8 Å². The third-order valence-electron chi connectivity index (χ3n) is 4.34. The maximum absolute atomic E-state index is 12.6. The standard InChI is InChI=1S/C21H16N2O4/c1-26-14-8-10-15(11-9-14)27-12-18(24)22-23-20-16-6-2-4-13-5-3-7-17(19(13)16)21(20)25/h2-11H,12H2,1H3,(H,22,24). The van der Waals surface area contributed by atoms with Crippen LogP contribution in [0.1, 0.15) is 15.9 Å². The minimum Gasteiger partial charge on any atom is -0.497 e. The number of hydrogen-bond donors (Lipinski definition) is 1. The molecule has 1 aliphatic rings. The Balaban J connectivity index is 1.46. The Bertz CT molecular complexity index is 1070. The van der Waals surface area contributed by atoms with Crippen LogP contribution >= 0.6 is 0 Å². The van der Waals surface area contributed by atoms with Crippen molar-refractivity contribution in [3.8, 4) is 11.5 Å². The number of benzene rings is 3. The zero-order valence-corrected chi connectivity index (χ0v) is 14.6. The molecule has 6 nitrogen and oxygen atoms in total. The average Bonchev–Trinajstić information content (AvgIpc) is 2.99. The van der Waals surface area contributed by atoms with E-state index in [1.165, 1.54) is 0 Å². The van der Waals surface area contributed by atoms with E-state index in [0.29, 0.717) is 17.1 Å². The molecule has 0 heterocycles. The van der Waals surface area contributed by atoms with Gasteiger partial charge in [-0.15, -0.1) is 0 Å². The molecule has 0 fully saturated rings. The number of carbonyl (C=O) groups is 2. The van der Waals surface area contributed by atoms with Crippen molar-refractivity contribution in [1.29, 1.82) is 0 Å². The molecule has 0 aliphatic heterocycles. The van der Waals surface area contributed by atoms with Crippen molar-refractivity contribution in [2.24, 2.45) is 5.10 Å². The van der Waals surface area contributed by atoms with Crippen molar-refractivity contribution in [2.45, 2.75) is 0 Å². The Morgan fingerprint density at radius 3 is 2.33 bits per heavy atom. The first-order valence-electron chi connectivity index (χ1n) is 8.37. The fourth-order valence-corrected chi connectivity index (χ4v) is 3.06. The van der Waals surface area contributed by atoms with Crippen LogP contribution in [0.2, 0.25) is 0 Å². The molecule has 1 aliphatic carbocycles. The molecule has 134 valence electrons.